The molecule has 0 aromatic heterocycles. The first-order chi connectivity index (χ1) is 8.94. The van der Waals surface area contributed by atoms with Crippen molar-refractivity contribution in [3.8, 4) is 0 Å². The zero-order valence-electron chi connectivity index (χ0n) is 14.4. The van der Waals surface area contributed by atoms with Crippen molar-refractivity contribution in [2.75, 3.05) is 6.61 Å². The van der Waals surface area contributed by atoms with Gasteiger partial charge in [-0.15, -0.1) is 0 Å². The van der Waals surface area contributed by atoms with E-state index in [4.69, 9.17) is 4.74 Å². The minimum atomic E-state index is 0.491. The second-order valence-corrected chi connectivity index (χ2v) is 5.39. The number of rotatable bonds is 2. The number of allylic oxidation sites excluding steroid dienone is 3. The molecule has 0 bridgehead atoms. The van der Waals surface area contributed by atoms with E-state index in [1.807, 2.05) is 27.7 Å². The monoisotopic (exact) mass is 268 g/mol. The zero-order chi connectivity index (χ0) is 15.3. The predicted molar refractivity (Wildman–Crippen MR) is 88.4 cm³/mol. The molecule has 1 aliphatic rings. The summed E-state index contributed by atoms with van der Waals surface area (Å²) in [7, 11) is 0. The van der Waals surface area contributed by atoms with Gasteiger partial charge in [-0.3, -0.25) is 0 Å². The summed E-state index contributed by atoms with van der Waals surface area (Å²) in [5.41, 5.74) is 2.17. The van der Waals surface area contributed by atoms with Crippen molar-refractivity contribution in [3.63, 3.8) is 0 Å². The molecule has 0 saturated heterocycles. The number of ether oxygens (including phenoxy) is 1. The largest absolute Gasteiger partial charge is 0.499 e. The van der Waals surface area contributed by atoms with Gasteiger partial charge in [0.05, 0.1) is 12.4 Å². The van der Waals surface area contributed by atoms with Gasteiger partial charge in [-0.1, -0.05) is 58.8 Å². The highest BCUT2D eigenvalue weighted by Gasteiger charge is 2.23. The molecule has 1 aliphatic carbocycles. The fraction of sp³-hybridized carbons (Fsp3) is 0.778. The van der Waals surface area contributed by atoms with Gasteiger partial charge in [0.15, 0.2) is 0 Å². The van der Waals surface area contributed by atoms with Crippen LogP contribution in [-0.2, 0) is 4.74 Å². The molecule has 0 spiro atoms. The summed E-state index contributed by atoms with van der Waals surface area (Å²) in [6, 6.07) is 0. The Balaban J connectivity index is 0. The average Bonchev–Trinajstić information content (AvgIpc) is 2.52. The fourth-order valence-corrected chi connectivity index (χ4v) is 2.34. The third-order valence-corrected chi connectivity index (χ3v) is 3.36. The fourth-order valence-electron chi connectivity index (χ4n) is 2.34. The van der Waals surface area contributed by atoms with Crippen molar-refractivity contribution in [1.29, 1.82) is 0 Å². The summed E-state index contributed by atoms with van der Waals surface area (Å²) in [4.78, 5) is 0. The van der Waals surface area contributed by atoms with Crippen molar-refractivity contribution >= 4 is 0 Å². The number of hydrogen-bond acceptors (Lipinski definition) is 1. The zero-order valence-corrected chi connectivity index (χ0v) is 14.4. The van der Waals surface area contributed by atoms with Crippen molar-refractivity contribution in [2.24, 2.45) is 5.41 Å². The van der Waals surface area contributed by atoms with E-state index < -0.39 is 0 Å². The topological polar surface area (TPSA) is 9.23 Å². The molecule has 0 amide bonds. The van der Waals surface area contributed by atoms with Crippen LogP contribution in [0.4, 0.5) is 0 Å². The van der Waals surface area contributed by atoms with Crippen LogP contribution in [0.3, 0.4) is 0 Å². The Bertz CT molecular complexity index is 248. The number of hydrogen-bond donors (Lipinski definition) is 0. The molecular formula is C18H36O. The average molecular weight is 268 g/mol. The molecule has 0 aromatic carbocycles. The third-order valence-electron chi connectivity index (χ3n) is 3.36. The van der Waals surface area contributed by atoms with Crippen LogP contribution < -0.4 is 0 Å². The first-order valence-electron chi connectivity index (χ1n) is 7.88. The van der Waals surface area contributed by atoms with Crippen molar-refractivity contribution in [3.05, 3.63) is 24.0 Å². The van der Waals surface area contributed by atoms with E-state index in [1.165, 1.54) is 32.1 Å². The molecule has 1 heteroatoms. The van der Waals surface area contributed by atoms with E-state index in [0.29, 0.717) is 5.41 Å². The molecule has 1 saturated carbocycles. The van der Waals surface area contributed by atoms with Crippen molar-refractivity contribution in [1.82, 2.24) is 0 Å². The molecule has 1 rings (SSSR count). The highest BCUT2D eigenvalue weighted by Crippen LogP contribution is 2.38. The normalized spacial score (nSPS) is 19.2. The lowest BCUT2D eigenvalue weighted by molar-refractivity contribution is 0.233. The minimum absolute atomic E-state index is 0.491. The van der Waals surface area contributed by atoms with E-state index in [2.05, 4.69) is 33.4 Å². The maximum atomic E-state index is 4.85. The molecule has 0 heterocycles. The van der Waals surface area contributed by atoms with Crippen LogP contribution in [0.2, 0.25) is 0 Å². The van der Waals surface area contributed by atoms with Gasteiger partial charge in [0, 0.05) is 0 Å². The molecular weight excluding hydrogens is 232 g/mol. The van der Waals surface area contributed by atoms with Gasteiger partial charge in [0.2, 0.25) is 0 Å². The summed E-state index contributed by atoms with van der Waals surface area (Å²) < 4.78 is 4.85. The Morgan fingerprint density at radius 1 is 1.26 bits per heavy atom. The van der Waals surface area contributed by atoms with Crippen LogP contribution in [-0.4, -0.2) is 6.61 Å². The van der Waals surface area contributed by atoms with E-state index in [1.54, 1.807) is 5.57 Å². The molecule has 1 fully saturated rings. The van der Waals surface area contributed by atoms with Gasteiger partial charge in [-0.05, 0) is 45.4 Å². The van der Waals surface area contributed by atoms with E-state index in [0.717, 1.165) is 12.4 Å². The molecule has 0 aromatic rings. The molecule has 114 valence electrons. The molecule has 1 nitrogen and oxygen atoms in total. The lowest BCUT2D eigenvalue weighted by atomic mass is 9.80. The lowest BCUT2D eigenvalue weighted by Crippen LogP contribution is -2.12. The highest BCUT2D eigenvalue weighted by atomic mass is 16.5. The van der Waals surface area contributed by atoms with Gasteiger partial charge in [0.1, 0.15) is 0 Å². The Morgan fingerprint density at radius 2 is 1.84 bits per heavy atom. The van der Waals surface area contributed by atoms with Crippen LogP contribution in [0.5, 0.6) is 0 Å². The minimum Gasteiger partial charge on any atom is -0.499 e. The quantitative estimate of drug-likeness (QED) is 0.315. The second kappa shape index (κ2) is 12.3. The molecule has 19 heavy (non-hydrogen) atoms. The molecule has 0 N–H and O–H groups in total. The maximum Gasteiger partial charge on any atom is 0.0857 e. The van der Waals surface area contributed by atoms with Crippen LogP contribution in [0, 0.1) is 5.41 Å². The van der Waals surface area contributed by atoms with Crippen molar-refractivity contribution in [2.45, 2.75) is 80.6 Å². The van der Waals surface area contributed by atoms with E-state index in [9.17, 15) is 0 Å². The SMILES string of the molecule is C/C=C1\CCCCCC1(C)C.C=C(C)OCC.CC. The highest BCUT2D eigenvalue weighted by molar-refractivity contribution is 5.11. The standard InChI is InChI=1S/C11H20.C5H10O.C2H6/c1-4-10-8-6-5-7-9-11(10,2)3;1-4-6-5(2)3;1-2/h4H,5-9H2,1-3H3;2,4H2,1,3H3;1-2H3/b10-4+;;. The van der Waals surface area contributed by atoms with Crippen molar-refractivity contribution < 1.29 is 4.74 Å². The Kier molecular flexibility index (Phi) is 13.4. The molecule has 0 radical (unpaired) electrons. The Hall–Kier alpha value is -0.720. The summed E-state index contributed by atoms with van der Waals surface area (Å²) in [5.74, 6) is 0.789. The summed E-state index contributed by atoms with van der Waals surface area (Å²) in [6.45, 7) is 19.0. The first-order valence-corrected chi connectivity index (χ1v) is 7.88. The summed E-state index contributed by atoms with van der Waals surface area (Å²) in [5, 5.41) is 0. The van der Waals surface area contributed by atoms with E-state index in [-0.39, 0.29) is 0 Å². The molecule has 0 aliphatic heterocycles. The lowest BCUT2D eigenvalue weighted by Gasteiger charge is -2.25. The summed E-state index contributed by atoms with van der Waals surface area (Å²) in [6.07, 6.45) is 9.30. The summed E-state index contributed by atoms with van der Waals surface area (Å²) >= 11 is 0. The van der Waals surface area contributed by atoms with Crippen LogP contribution in [0.1, 0.15) is 80.6 Å². The van der Waals surface area contributed by atoms with Gasteiger partial charge in [0.25, 0.3) is 0 Å². The maximum absolute atomic E-state index is 4.85. The van der Waals surface area contributed by atoms with Crippen LogP contribution in [0.25, 0.3) is 0 Å². The van der Waals surface area contributed by atoms with Gasteiger partial charge < -0.3 is 4.74 Å². The smallest absolute Gasteiger partial charge is 0.0857 e. The molecule has 0 unspecified atom stereocenters. The third kappa shape index (κ3) is 10.9. The first kappa shape index (κ1) is 20.6. The van der Waals surface area contributed by atoms with Crippen LogP contribution in [0.15, 0.2) is 24.0 Å². The van der Waals surface area contributed by atoms with E-state index >= 15 is 0 Å². The van der Waals surface area contributed by atoms with Gasteiger partial charge in [-0.2, -0.15) is 0 Å². The predicted octanol–water partition coefficient (Wildman–Crippen LogP) is 6.51. The van der Waals surface area contributed by atoms with Crippen LogP contribution >= 0.6 is 0 Å². The van der Waals surface area contributed by atoms with Gasteiger partial charge in [-0.25, -0.2) is 0 Å². The van der Waals surface area contributed by atoms with Gasteiger partial charge >= 0.3 is 0 Å². The Morgan fingerprint density at radius 3 is 2.21 bits per heavy atom. The second-order valence-electron chi connectivity index (χ2n) is 5.39. The Labute approximate surface area is 122 Å². The molecule has 0 atom stereocenters.